The Hall–Kier alpha value is -0.110. The number of halogens is 4. The van der Waals surface area contributed by atoms with Crippen LogP contribution in [0.4, 0.5) is 17.6 Å². The zero-order valence-electron chi connectivity index (χ0n) is 12.4. The van der Waals surface area contributed by atoms with Gasteiger partial charge in [0.1, 0.15) is 0 Å². The summed E-state index contributed by atoms with van der Waals surface area (Å²) in [5, 5.41) is 9.63. The van der Waals surface area contributed by atoms with Crippen molar-refractivity contribution in [2.75, 3.05) is 11.5 Å². The maximum absolute atomic E-state index is 13.8. The number of carbonyl (C=O) groups is 1. The Morgan fingerprint density at radius 1 is 0.913 bits per heavy atom. The van der Waals surface area contributed by atoms with Crippen LogP contribution >= 0.6 is 23.5 Å². The molecule has 0 aromatic heterocycles. The van der Waals surface area contributed by atoms with Gasteiger partial charge in [0.15, 0.2) is 0 Å². The van der Waals surface area contributed by atoms with Gasteiger partial charge in [-0.05, 0) is 49.9 Å². The molecule has 2 unspecified atom stereocenters. The molecule has 130 valence electrons. The van der Waals surface area contributed by atoms with E-state index in [4.69, 9.17) is 0 Å². The highest BCUT2D eigenvalue weighted by Gasteiger charge is 2.69. The first-order chi connectivity index (χ1) is 10.6. The Morgan fingerprint density at radius 3 is 1.83 bits per heavy atom. The second-order valence-electron chi connectivity index (χ2n) is 7.64. The first-order valence-electron chi connectivity index (χ1n) is 7.87. The number of carboxylic acid groups (broad SMARTS) is 1. The van der Waals surface area contributed by atoms with E-state index in [1.165, 1.54) is 0 Å². The second kappa shape index (κ2) is 4.74. The summed E-state index contributed by atoms with van der Waals surface area (Å²) in [7, 11) is 0. The van der Waals surface area contributed by atoms with Crippen molar-refractivity contribution < 1.29 is 27.5 Å². The number of thioether (sulfide) groups is 2. The van der Waals surface area contributed by atoms with E-state index in [0.717, 1.165) is 36.4 Å². The van der Waals surface area contributed by atoms with Crippen LogP contribution in [0.2, 0.25) is 0 Å². The lowest BCUT2D eigenvalue weighted by Gasteiger charge is -2.63. The van der Waals surface area contributed by atoms with Gasteiger partial charge in [-0.15, -0.1) is 23.5 Å². The summed E-state index contributed by atoms with van der Waals surface area (Å²) >= 11 is 1.96. The zero-order valence-corrected chi connectivity index (χ0v) is 14.0. The Morgan fingerprint density at radius 2 is 1.39 bits per heavy atom. The number of aliphatic carboxylic acids is 1. The summed E-state index contributed by atoms with van der Waals surface area (Å²) in [5.41, 5.74) is -0.750. The number of rotatable bonds is 1. The lowest BCUT2D eigenvalue weighted by atomic mass is 9.49. The van der Waals surface area contributed by atoms with Gasteiger partial charge in [0.2, 0.25) is 0 Å². The molecule has 1 aliphatic heterocycles. The number of alkyl halides is 4. The molecule has 5 fully saturated rings. The van der Waals surface area contributed by atoms with Gasteiger partial charge in [-0.3, -0.25) is 4.79 Å². The van der Waals surface area contributed by atoms with Crippen molar-refractivity contribution in [2.24, 2.45) is 23.2 Å². The highest BCUT2D eigenvalue weighted by molar-refractivity contribution is 8.18. The Bertz CT molecular complexity index is 518. The Balaban J connectivity index is 1.67. The highest BCUT2D eigenvalue weighted by Crippen LogP contribution is 2.72. The van der Waals surface area contributed by atoms with E-state index in [-0.39, 0.29) is 11.8 Å². The average Bonchev–Trinajstić information content (AvgIpc) is 2.53. The van der Waals surface area contributed by atoms with Crippen LogP contribution in [0.15, 0.2) is 0 Å². The van der Waals surface area contributed by atoms with Crippen LogP contribution in [0.1, 0.15) is 32.1 Å². The summed E-state index contributed by atoms with van der Waals surface area (Å²) in [5.74, 6) is -10.3. The minimum Gasteiger partial charge on any atom is -0.481 e. The first-order valence-corrected chi connectivity index (χ1v) is 9.84. The van der Waals surface area contributed by atoms with Gasteiger partial charge in [-0.25, -0.2) is 0 Å². The van der Waals surface area contributed by atoms with Gasteiger partial charge < -0.3 is 5.11 Å². The maximum atomic E-state index is 13.8. The SMILES string of the molecule is O=C(O)C12CC3CC(C1)C1(SCC(F)(F)C(F)(F)CS1)C(C3)C2. The quantitative estimate of drug-likeness (QED) is 0.697. The number of carboxylic acids is 1. The normalized spacial score (nSPS) is 45.8. The fourth-order valence-electron chi connectivity index (χ4n) is 5.32. The van der Waals surface area contributed by atoms with E-state index in [9.17, 15) is 27.5 Å². The molecule has 0 aromatic carbocycles. The van der Waals surface area contributed by atoms with Gasteiger partial charge in [-0.1, -0.05) is 0 Å². The summed E-state index contributed by atoms with van der Waals surface area (Å²) in [6, 6.07) is 0. The molecule has 4 aliphatic carbocycles. The monoisotopic (exact) mass is 370 g/mol. The van der Waals surface area contributed by atoms with Gasteiger partial charge in [0, 0.05) is 0 Å². The molecular weight excluding hydrogens is 352 g/mol. The molecule has 23 heavy (non-hydrogen) atoms. The molecule has 5 aliphatic rings. The number of hydrogen-bond donors (Lipinski definition) is 1. The molecule has 0 amide bonds. The third-order valence-electron chi connectivity index (χ3n) is 6.27. The third-order valence-corrected chi connectivity index (χ3v) is 10.2. The standard InChI is InChI=1S/C15H18F4O2S2/c16-13(17)6-22-15(23-7-14(13,18)19)9-1-8-2-10(15)5-12(3-8,4-9)11(20)21/h8-10H,1-7H2,(H,20,21). The lowest BCUT2D eigenvalue weighted by Crippen LogP contribution is -2.60. The molecular formula is C15H18F4O2S2. The summed E-state index contributed by atoms with van der Waals surface area (Å²) in [6.45, 7) is 0. The average molecular weight is 370 g/mol. The van der Waals surface area contributed by atoms with E-state index in [2.05, 4.69) is 0 Å². The van der Waals surface area contributed by atoms with Crippen molar-refractivity contribution in [2.45, 2.75) is 48.0 Å². The minimum atomic E-state index is -3.99. The number of hydrogen-bond acceptors (Lipinski definition) is 3. The molecule has 5 rings (SSSR count). The minimum absolute atomic E-state index is 0.0513. The molecule has 2 atom stereocenters. The largest absolute Gasteiger partial charge is 0.481 e. The van der Waals surface area contributed by atoms with Gasteiger partial charge in [0.25, 0.3) is 0 Å². The van der Waals surface area contributed by atoms with E-state index in [1.807, 2.05) is 0 Å². The van der Waals surface area contributed by atoms with Gasteiger partial charge in [0.05, 0.1) is 21.0 Å². The van der Waals surface area contributed by atoms with Crippen molar-refractivity contribution in [1.82, 2.24) is 0 Å². The van der Waals surface area contributed by atoms with Crippen LogP contribution in [0.25, 0.3) is 0 Å². The zero-order chi connectivity index (χ0) is 16.7. The molecule has 1 spiro atoms. The van der Waals surface area contributed by atoms with Crippen LogP contribution in [0, 0.1) is 23.2 Å². The van der Waals surface area contributed by atoms with Crippen LogP contribution < -0.4 is 0 Å². The van der Waals surface area contributed by atoms with Gasteiger partial charge >= 0.3 is 17.8 Å². The molecule has 1 saturated heterocycles. The van der Waals surface area contributed by atoms with Crippen molar-refractivity contribution >= 4 is 29.5 Å². The molecule has 1 N–H and O–H groups in total. The predicted molar refractivity (Wildman–Crippen MR) is 81.2 cm³/mol. The van der Waals surface area contributed by atoms with Crippen LogP contribution in [-0.4, -0.2) is 38.5 Å². The van der Waals surface area contributed by atoms with Crippen molar-refractivity contribution in [1.29, 1.82) is 0 Å². The van der Waals surface area contributed by atoms with Gasteiger partial charge in [-0.2, -0.15) is 17.6 Å². The fourth-order valence-corrected chi connectivity index (χ4v) is 8.90. The fraction of sp³-hybridized carbons (Fsp3) is 0.933. The smallest absolute Gasteiger partial charge is 0.319 e. The van der Waals surface area contributed by atoms with E-state index < -0.39 is 38.8 Å². The summed E-state index contributed by atoms with van der Waals surface area (Å²) < 4.78 is 54.4. The molecule has 2 nitrogen and oxygen atoms in total. The molecule has 8 heteroatoms. The van der Waals surface area contributed by atoms with Crippen LogP contribution in [-0.2, 0) is 4.79 Å². The molecule has 1 heterocycles. The van der Waals surface area contributed by atoms with E-state index in [0.29, 0.717) is 25.2 Å². The molecule has 0 radical (unpaired) electrons. The van der Waals surface area contributed by atoms with Crippen molar-refractivity contribution in [3.63, 3.8) is 0 Å². The Labute approximate surface area is 140 Å². The van der Waals surface area contributed by atoms with Crippen LogP contribution in [0.5, 0.6) is 0 Å². The molecule has 4 bridgehead atoms. The molecule has 4 saturated carbocycles. The third kappa shape index (κ3) is 2.12. The summed E-state index contributed by atoms with van der Waals surface area (Å²) in [6.07, 6.45) is 3.15. The first kappa shape index (κ1) is 16.4. The summed E-state index contributed by atoms with van der Waals surface area (Å²) in [4.78, 5) is 11.7. The van der Waals surface area contributed by atoms with E-state index >= 15 is 0 Å². The topological polar surface area (TPSA) is 37.3 Å². The predicted octanol–water partition coefficient (Wildman–Crippen LogP) is 4.34. The maximum Gasteiger partial charge on any atom is 0.319 e. The Kier molecular flexibility index (Phi) is 3.37. The highest BCUT2D eigenvalue weighted by atomic mass is 32.2. The molecule has 0 aromatic rings. The van der Waals surface area contributed by atoms with Crippen molar-refractivity contribution in [3.05, 3.63) is 0 Å². The van der Waals surface area contributed by atoms with E-state index in [1.54, 1.807) is 0 Å². The lowest BCUT2D eigenvalue weighted by molar-refractivity contribution is -0.178. The van der Waals surface area contributed by atoms with Crippen molar-refractivity contribution in [3.8, 4) is 0 Å². The second-order valence-corrected chi connectivity index (χ2v) is 10.4. The van der Waals surface area contributed by atoms with Crippen LogP contribution in [0.3, 0.4) is 0 Å².